The third kappa shape index (κ3) is 1.88. The first kappa shape index (κ1) is 11.8. The Bertz CT molecular complexity index is 470. The van der Waals surface area contributed by atoms with Crippen molar-refractivity contribution >= 4 is 5.69 Å². The number of nitro groups is 1. The maximum Gasteiger partial charge on any atom is 0.303 e. The lowest BCUT2D eigenvalue weighted by molar-refractivity contribution is -0.386. The SMILES string of the molecule is COc1ncc(C#N)c([N+](=O)[O-])c1C(F)F. The highest BCUT2D eigenvalue weighted by Gasteiger charge is 2.31. The van der Waals surface area contributed by atoms with E-state index < -0.39 is 34.0 Å². The minimum Gasteiger partial charge on any atom is -0.480 e. The molecule has 0 radical (unpaired) electrons. The zero-order chi connectivity index (χ0) is 12.3. The van der Waals surface area contributed by atoms with Gasteiger partial charge < -0.3 is 4.74 Å². The lowest BCUT2D eigenvalue weighted by Gasteiger charge is -2.07. The number of hydrogen-bond acceptors (Lipinski definition) is 5. The molecule has 0 saturated carbocycles. The smallest absolute Gasteiger partial charge is 0.303 e. The molecule has 0 N–H and O–H groups in total. The number of alkyl halides is 2. The van der Waals surface area contributed by atoms with Crippen LogP contribution >= 0.6 is 0 Å². The molecule has 1 aromatic rings. The number of hydrogen-bond donors (Lipinski definition) is 0. The highest BCUT2D eigenvalue weighted by atomic mass is 19.3. The van der Waals surface area contributed by atoms with Crippen LogP contribution in [0, 0.1) is 21.4 Å². The van der Waals surface area contributed by atoms with Gasteiger partial charge in [0.1, 0.15) is 11.6 Å². The quantitative estimate of drug-likeness (QED) is 0.582. The van der Waals surface area contributed by atoms with Gasteiger partial charge in [-0.25, -0.2) is 13.8 Å². The Hall–Kier alpha value is -2.30. The van der Waals surface area contributed by atoms with Crippen molar-refractivity contribution in [1.29, 1.82) is 5.26 Å². The maximum atomic E-state index is 12.6. The number of ether oxygens (including phenoxy) is 1. The average Bonchev–Trinajstić information content (AvgIpc) is 2.26. The number of pyridine rings is 1. The fourth-order valence-corrected chi connectivity index (χ4v) is 1.14. The Morgan fingerprint density at radius 1 is 1.69 bits per heavy atom. The Labute approximate surface area is 88.2 Å². The Morgan fingerprint density at radius 3 is 2.69 bits per heavy atom. The molecule has 0 aliphatic carbocycles. The van der Waals surface area contributed by atoms with E-state index in [9.17, 15) is 18.9 Å². The first-order chi connectivity index (χ1) is 7.52. The van der Waals surface area contributed by atoms with Crippen molar-refractivity contribution in [3.05, 3.63) is 27.4 Å². The summed E-state index contributed by atoms with van der Waals surface area (Å²) < 4.78 is 29.7. The molecule has 0 aromatic carbocycles. The monoisotopic (exact) mass is 229 g/mol. The van der Waals surface area contributed by atoms with Gasteiger partial charge in [0.15, 0.2) is 5.56 Å². The lowest BCUT2D eigenvalue weighted by Crippen LogP contribution is -2.04. The largest absolute Gasteiger partial charge is 0.480 e. The van der Waals surface area contributed by atoms with Crippen LogP contribution in [0.15, 0.2) is 6.20 Å². The summed E-state index contributed by atoms with van der Waals surface area (Å²) in [5.74, 6) is -0.555. The Morgan fingerprint density at radius 2 is 2.31 bits per heavy atom. The van der Waals surface area contributed by atoms with Gasteiger partial charge in [-0.2, -0.15) is 5.26 Å². The van der Waals surface area contributed by atoms with E-state index in [4.69, 9.17) is 5.26 Å². The summed E-state index contributed by atoms with van der Waals surface area (Å²) in [5, 5.41) is 19.2. The van der Waals surface area contributed by atoms with Crippen LogP contribution in [-0.4, -0.2) is 17.0 Å². The van der Waals surface area contributed by atoms with Crippen LogP contribution in [0.4, 0.5) is 14.5 Å². The molecule has 16 heavy (non-hydrogen) atoms. The number of nitriles is 1. The van der Waals surface area contributed by atoms with E-state index in [0.717, 1.165) is 13.3 Å². The molecule has 0 bridgehead atoms. The van der Waals surface area contributed by atoms with E-state index in [1.807, 2.05) is 0 Å². The molecule has 8 heteroatoms. The number of halogens is 2. The molecule has 0 fully saturated rings. The van der Waals surface area contributed by atoms with Gasteiger partial charge in [-0.15, -0.1) is 0 Å². The van der Waals surface area contributed by atoms with Crippen molar-refractivity contribution in [2.24, 2.45) is 0 Å². The second kappa shape index (κ2) is 4.48. The summed E-state index contributed by atoms with van der Waals surface area (Å²) in [4.78, 5) is 13.0. The molecule has 0 spiro atoms. The van der Waals surface area contributed by atoms with Crippen LogP contribution < -0.4 is 4.74 Å². The van der Waals surface area contributed by atoms with Crippen LogP contribution in [0.1, 0.15) is 17.6 Å². The van der Waals surface area contributed by atoms with E-state index >= 15 is 0 Å². The predicted molar refractivity (Wildman–Crippen MR) is 47.1 cm³/mol. The molecule has 84 valence electrons. The summed E-state index contributed by atoms with van der Waals surface area (Å²) in [6.07, 6.45) is -2.32. The lowest BCUT2D eigenvalue weighted by atomic mass is 10.1. The summed E-state index contributed by atoms with van der Waals surface area (Å²) in [5.41, 5.74) is -2.47. The van der Waals surface area contributed by atoms with Gasteiger partial charge in [0.25, 0.3) is 6.43 Å². The van der Waals surface area contributed by atoms with Crippen molar-refractivity contribution in [3.8, 4) is 11.9 Å². The Kier molecular flexibility index (Phi) is 3.30. The van der Waals surface area contributed by atoms with E-state index in [2.05, 4.69) is 9.72 Å². The third-order valence-corrected chi connectivity index (χ3v) is 1.77. The summed E-state index contributed by atoms with van der Waals surface area (Å²) in [6, 6.07) is 1.43. The van der Waals surface area contributed by atoms with Crippen LogP contribution in [0.5, 0.6) is 5.88 Å². The van der Waals surface area contributed by atoms with Crippen molar-refractivity contribution in [2.75, 3.05) is 7.11 Å². The number of rotatable bonds is 3. The average molecular weight is 229 g/mol. The van der Waals surface area contributed by atoms with E-state index in [-0.39, 0.29) is 0 Å². The molecule has 1 aromatic heterocycles. The molecule has 0 aliphatic rings. The van der Waals surface area contributed by atoms with Crippen LogP contribution in [0.25, 0.3) is 0 Å². The molecule has 0 amide bonds. The second-order valence-corrected chi connectivity index (χ2v) is 2.61. The van der Waals surface area contributed by atoms with Gasteiger partial charge in [-0.3, -0.25) is 10.1 Å². The fourth-order valence-electron chi connectivity index (χ4n) is 1.14. The maximum absolute atomic E-state index is 12.6. The first-order valence-electron chi connectivity index (χ1n) is 3.92. The topological polar surface area (TPSA) is 89.0 Å². The van der Waals surface area contributed by atoms with Crippen LogP contribution in [-0.2, 0) is 0 Å². The van der Waals surface area contributed by atoms with E-state index in [0.29, 0.717) is 0 Å². The van der Waals surface area contributed by atoms with Gasteiger partial charge in [0, 0.05) is 0 Å². The number of aromatic nitrogens is 1. The van der Waals surface area contributed by atoms with Gasteiger partial charge in [0.05, 0.1) is 18.2 Å². The first-order valence-corrected chi connectivity index (χ1v) is 3.92. The molecule has 0 saturated heterocycles. The minimum absolute atomic E-state index is 0.527. The number of methoxy groups -OCH3 is 1. The predicted octanol–water partition coefficient (Wildman–Crippen LogP) is 1.81. The fraction of sp³-hybridized carbons (Fsp3) is 0.250. The van der Waals surface area contributed by atoms with Gasteiger partial charge in [-0.1, -0.05) is 0 Å². The normalized spacial score (nSPS) is 9.94. The van der Waals surface area contributed by atoms with Gasteiger partial charge in [-0.05, 0) is 0 Å². The number of nitrogens with zero attached hydrogens (tertiary/aromatic N) is 3. The molecule has 0 aliphatic heterocycles. The molecule has 1 rings (SSSR count). The van der Waals surface area contributed by atoms with Gasteiger partial charge >= 0.3 is 5.69 Å². The van der Waals surface area contributed by atoms with Crippen molar-refractivity contribution < 1.29 is 18.4 Å². The summed E-state index contributed by atoms with van der Waals surface area (Å²) in [7, 11) is 1.06. The highest BCUT2D eigenvalue weighted by molar-refractivity contribution is 5.56. The van der Waals surface area contributed by atoms with Crippen LogP contribution in [0.2, 0.25) is 0 Å². The summed E-state index contributed by atoms with van der Waals surface area (Å²) in [6.45, 7) is 0. The van der Waals surface area contributed by atoms with Crippen molar-refractivity contribution in [2.45, 2.75) is 6.43 Å². The zero-order valence-corrected chi connectivity index (χ0v) is 7.98. The van der Waals surface area contributed by atoms with E-state index in [1.54, 1.807) is 0 Å². The zero-order valence-electron chi connectivity index (χ0n) is 7.98. The van der Waals surface area contributed by atoms with Crippen molar-refractivity contribution in [3.63, 3.8) is 0 Å². The van der Waals surface area contributed by atoms with Crippen LogP contribution in [0.3, 0.4) is 0 Å². The molecule has 0 atom stereocenters. The Balaban J connectivity index is 3.61. The minimum atomic E-state index is -3.14. The molecule has 6 nitrogen and oxygen atoms in total. The molecule has 1 heterocycles. The van der Waals surface area contributed by atoms with Crippen molar-refractivity contribution in [1.82, 2.24) is 4.98 Å². The summed E-state index contributed by atoms with van der Waals surface area (Å²) >= 11 is 0. The third-order valence-electron chi connectivity index (χ3n) is 1.77. The molecule has 0 unspecified atom stereocenters. The van der Waals surface area contributed by atoms with Gasteiger partial charge in [0.2, 0.25) is 5.88 Å². The van der Waals surface area contributed by atoms with E-state index in [1.165, 1.54) is 6.07 Å². The molecular formula is C8H5F2N3O3. The standard InChI is InChI=1S/C8H5F2N3O3/c1-16-8-5(7(9)10)6(13(14)15)4(2-11)3-12-8/h3,7H,1H3. The molecular weight excluding hydrogens is 224 g/mol. The second-order valence-electron chi connectivity index (χ2n) is 2.61. The highest BCUT2D eigenvalue weighted by Crippen LogP contribution is 2.37.